The van der Waals surface area contributed by atoms with E-state index in [-0.39, 0.29) is 10.7 Å². The van der Waals surface area contributed by atoms with E-state index >= 15 is 0 Å². The number of pyridine rings is 1. The van der Waals surface area contributed by atoms with Crippen LogP contribution in [0.15, 0.2) is 46.6 Å². The van der Waals surface area contributed by atoms with Gasteiger partial charge in [-0.15, -0.1) is 11.8 Å². The Hall–Kier alpha value is -2.15. The van der Waals surface area contributed by atoms with Crippen molar-refractivity contribution in [3.05, 3.63) is 59.4 Å². The van der Waals surface area contributed by atoms with Gasteiger partial charge in [-0.25, -0.2) is 8.78 Å². The molecule has 0 atom stereocenters. The van der Waals surface area contributed by atoms with Gasteiger partial charge in [-0.3, -0.25) is 4.98 Å². The lowest BCUT2D eigenvalue weighted by molar-refractivity contribution is 0.318. The second-order valence-electron chi connectivity index (χ2n) is 3.90. The molecular formula is C13H11F2N3OS. The van der Waals surface area contributed by atoms with Crippen molar-refractivity contribution in [1.29, 1.82) is 0 Å². The molecule has 0 aliphatic carbocycles. The van der Waals surface area contributed by atoms with Crippen LogP contribution in [0.2, 0.25) is 0 Å². The predicted octanol–water partition coefficient (Wildman–Crippen LogP) is 2.75. The highest BCUT2D eigenvalue weighted by Gasteiger charge is 2.07. The van der Waals surface area contributed by atoms with E-state index in [1.165, 1.54) is 6.20 Å². The van der Waals surface area contributed by atoms with Gasteiger partial charge in [-0.2, -0.15) is 0 Å². The van der Waals surface area contributed by atoms with Gasteiger partial charge in [0.05, 0.1) is 0 Å². The third kappa shape index (κ3) is 3.45. The largest absolute Gasteiger partial charge is 0.409 e. The molecule has 2 aromatic rings. The van der Waals surface area contributed by atoms with E-state index < -0.39 is 11.6 Å². The lowest BCUT2D eigenvalue weighted by Gasteiger charge is -2.05. The fourth-order valence-corrected chi connectivity index (χ4v) is 2.41. The van der Waals surface area contributed by atoms with Gasteiger partial charge in [0.1, 0.15) is 17.3 Å². The van der Waals surface area contributed by atoms with Crippen LogP contribution in [0.4, 0.5) is 8.78 Å². The van der Waals surface area contributed by atoms with Crippen LogP contribution in [-0.4, -0.2) is 16.0 Å². The molecule has 1 aromatic carbocycles. The van der Waals surface area contributed by atoms with Gasteiger partial charge < -0.3 is 10.9 Å². The van der Waals surface area contributed by atoms with Crippen LogP contribution in [0, 0.1) is 11.6 Å². The fraction of sp³-hybridized carbons (Fsp3) is 0.0769. The van der Waals surface area contributed by atoms with E-state index in [0.29, 0.717) is 11.4 Å². The van der Waals surface area contributed by atoms with Crippen molar-refractivity contribution < 1.29 is 14.0 Å². The summed E-state index contributed by atoms with van der Waals surface area (Å²) < 4.78 is 26.5. The highest BCUT2D eigenvalue weighted by atomic mass is 32.2. The average molecular weight is 295 g/mol. The van der Waals surface area contributed by atoms with Crippen molar-refractivity contribution in [2.45, 2.75) is 10.6 Å². The molecule has 20 heavy (non-hydrogen) atoms. The summed E-state index contributed by atoms with van der Waals surface area (Å²) in [5, 5.41) is 11.4. The Balaban J connectivity index is 2.13. The maximum absolute atomic E-state index is 13.5. The predicted molar refractivity (Wildman–Crippen MR) is 72.7 cm³/mol. The van der Waals surface area contributed by atoms with Gasteiger partial charge in [0, 0.05) is 16.8 Å². The second-order valence-corrected chi connectivity index (χ2v) is 4.92. The van der Waals surface area contributed by atoms with Crippen LogP contribution in [0.25, 0.3) is 0 Å². The van der Waals surface area contributed by atoms with Gasteiger partial charge in [-0.1, -0.05) is 5.16 Å². The molecule has 0 unspecified atom stereocenters. The topological polar surface area (TPSA) is 71.5 Å². The van der Waals surface area contributed by atoms with Crippen LogP contribution in [0.5, 0.6) is 0 Å². The standard InChI is InChI=1S/C13H11F2N3OS/c14-9-1-2-10(15)12(6-9)20-7-8-3-4-17-11(5-8)13(16)18-19/h1-6,19H,7H2,(H2,16,18). The number of hydrogen-bond donors (Lipinski definition) is 2. The number of thioether (sulfide) groups is 1. The third-order valence-electron chi connectivity index (χ3n) is 2.48. The summed E-state index contributed by atoms with van der Waals surface area (Å²) in [6.45, 7) is 0. The minimum Gasteiger partial charge on any atom is -0.409 e. The Bertz CT molecular complexity index is 649. The Morgan fingerprint density at radius 1 is 1.30 bits per heavy atom. The summed E-state index contributed by atoms with van der Waals surface area (Å²) in [7, 11) is 0. The molecule has 0 amide bonds. The Morgan fingerprint density at radius 2 is 2.10 bits per heavy atom. The first-order valence-electron chi connectivity index (χ1n) is 5.61. The van der Waals surface area contributed by atoms with Crippen LogP contribution >= 0.6 is 11.8 Å². The Kier molecular flexibility index (Phi) is 4.52. The minimum atomic E-state index is -0.485. The SMILES string of the molecule is NC(=NO)c1cc(CSc2cc(F)ccc2F)ccn1. The van der Waals surface area contributed by atoms with Crippen LogP contribution < -0.4 is 5.73 Å². The van der Waals surface area contributed by atoms with Crippen molar-refractivity contribution in [3.63, 3.8) is 0 Å². The summed E-state index contributed by atoms with van der Waals surface area (Å²) in [6.07, 6.45) is 1.51. The smallest absolute Gasteiger partial charge is 0.188 e. The van der Waals surface area contributed by atoms with E-state index in [1.807, 2.05) is 0 Å². The van der Waals surface area contributed by atoms with Crippen LogP contribution in [0.1, 0.15) is 11.3 Å². The average Bonchev–Trinajstić information content (AvgIpc) is 2.47. The molecule has 0 radical (unpaired) electrons. The van der Waals surface area contributed by atoms with E-state index in [0.717, 1.165) is 35.5 Å². The van der Waals surface area contributed by atoms with E-state index in [1.54, 1.807) is 12.1 Å². The second kappa shape index (κ2) is 6.33. The number of hydrogen-bond acceptors (Lipinski definition) is 4. The molecular weight excluding hydrogens is 284 g/mol. The van der Waals surface area contributed by atoms with Gasteiger partial charge >= 0.3 is 0 Å². The normalized spacial score (nSPS) is 11.6. The van der Waals surface area contributed by atoms with Crippen molar-refractivity contribution in [1.82, 2.24) is 4.98 Å². The molecule has 0 saturated heterocycles. The van der Waals surface area contributed by atoms with Crippen molar-refractivity contribution in [2.24, 2.45) is 10.9 Å². The molecule has 1 heterocycles. The van der Waals surface area contributed by atoms with Crippen molar-refractivity contribution in [2.75, 3.05) is 0 Å². The first-order chi connectivity index (χ1) is 9.60. The summed E-state index contributed by atoms with van der Waals surface area (Å²) in [5.41, 5.74) is 6.56. The van der Waals surface area contributed by atoms with Gasteiger partial charge in [-0.05, 0) is 35.9 Å². The molecule has 104 valence electrons. The maximum atomic E-state index is 13.5. The maximum Gasteiger partial charge on any atom is 0.188 e. The number of nitrogens with zero attached hydrogens (tertiary/aromatic N) is 2. The lowest BCUT2D eigenvalue weighted by Crippen LogP contribution is -2.15. The molecule has 0 saturated carbocycles. The quantitative estimate of drug-likeness (QED) is 0.299. The first-order valence-corrected chi connectivity index (χ1v) is 6.59. The van der Waals surface area contributed by atoms with E-state index in [4.69, 9.17) is 10.9 Å². The summed E-state index contributed by atoms with van der Waals surface area (Å²) in [6, 6.07) is 6.65. The molecule has 0 fully saturated rings. The number of benzene rings is 1. The molecule has 7 heteroatoms. The van der Waals surface area contributed by atoms with Gasteiger partial charge in [0.2, 0.25) is 0 Å². The highest BCUT2D eigenvalue weighted by Crippen LogP contribution is 2.26. The molecule has 0 bridgehead atoms. The van der Waals surface area contributed by atoms with Crippen molar-refractivity contribution >= 4 is 17.6 Å². The summed E-state index contributed by atoms with van der Waals surface area (Å²) >= 11 is 1.16. The Labute approximate surface area is 118 Å². The fourth-order valence-electron chi connectivity index (χ4n) is 1.50. The number of oxime groups is 1. The van der Waals surface area contributed by atoms with Gasteiger partial charge in [0.25, 0.3) is 0 Å². The summed E-state index contributed by atoms with van der Waals surface area (Å²) in [5.74, 6) is -0.647. The lowest BCUT2D eigenvalue weighted by atomic mass is 10.2. The zero-order valence-corrected chi connectivity index (χ0v) is 11.1. The Morgan fingerprint density at radius 3 is 2.85 bits per heavy atom. The molecule has 3 N–H and O–H groups in total. The minimum absolute atomic E-state index is 0.103. The van der Waals surface area contributed by atoms with E-state index in [2.05, 4.69) is 10.1 Å². The van der Waals surface area contributed by atoms with Crippen LogP contribution in [0.3, 0.4) is 0 Å². The summed E-state index contributed by atoms with van der Waals surface area (Å²) in [4.78, 5) is 4.17. The van der Waals surface area contributed by atoms with E-state index in [9.17, 15) is 8.78 Å². The molecule has 0 aliphatic rings. The van der Waals surface area contributed by atoms with Crippen molar-refractivity contribution in [3.8, 4) is 0 Å². The van der Waals surface area contributed by atoms with Gasteiger partial charge in [0.15, 0.2) is 5.84 Å². The monoisotopic (exact) mass is 295 g/mol. The number of amidine groups is 1. The third-order valence-corrected chi connectivity index (χ3v) is 3.58. The number of nitrogens with two attached hydrogens (primary N) is 1. The highest BCUT2D eigenvalue weighted by molar-refractivity contribution is 7.98. The van der Waals surface area contributed by atoms with Crippen LogP contribution in [-0.2, 0) is 5.75 Å². The zero-order valence-electron chi connectivity index (χ0n) is 10.3. The number of aromatic nitrogens is 1. The number of halogens is 2. The first kappa shape index (κ1) is 14.3. The number of rotatable bonds is 4. The molecule has 4 nitrogen and oxygen atoms in total. The molecule has 0 aliphatic heterocycles. The molecule has 0 spiro atoms. The zero-order chi connectivity index (χ0) is 14.5. The molecule has 2 rings (SSSR count). The molecule has 1 aromatic heterocycles.